The van der Waals surface area contributed by atoms with Gasteiger partial charge in [0.25, 0.3) is 0 Å². The summed E-state index contributed by atoms with van der Waals surface area (Å²) < 4.78 is 22.5. The van der Waals surface area contributed by atoms with Crippen molar-refractivity contribution in [2.24, 2.45) is 5.92 Å². The molecule has 0 rings (SSSR count). The molecule has 1 unspecified atom stereocenters. The Hall–Kier alpha value is -1.11. The van der Waals surface area contributed by atoms with E-state index in [4.69, 9.17) is 5.11 Å². The van der Waals surface area contributed by atoms with Gasteiger partial charge in [-0.1, -0.05) is 13.8 Å². The fourth-order valence-electron chi connectivity index (χ4n) is 1.28. The number of carbonyl (C=O) groups is 2. The summed E-state index contributed by atoms with van der Waals surface area (Å²) in [5, 5.41) is 7.48. The molecule has 7 heteroatoms. The fourth-order valence-corrected chi connectivity index (χ4v) is 1.79. The van der Waals surface area contributed by atoms with Crippen molar-refractivity contribution >= 4 is 21.7 Å². The van der Waals surface area contributed by atoms with Gasteiger partial charge in [-0.3, -0.25) is 9.59 Å². The molecule has 0 heterocycles. The summed E-state index contributed by atoms with van der Waals surface area (Å²) in [4.78, 5) is 23.5. The Balaban J connectivity index is 4.92. The molecule has 0 radical (unpaired) electrons. The highest BCUT2D eigenvalue weighted by Gasteiger charge is 2.29. The quantitative estimate of drug-likeness (QED) is 0.729. The van der Waals surface area contributed by atoms with E-state index in [1.54, 1.807) is 0 Å². The number of amides is 1. The number of carboxylic acid groups (broad SMARTS) is 1. The molecule has 6 nitrogen and oxygen atoms in total. The average Bonchev–Trinajstić information content (AvgIpc) is 2.11. The van der Waals surface area contributed by atoms with E-state index >= 15 is 0 Å². The highest BCUT2D eigenvalue weighted by molar-refractivity contribution is 7.92. The molecule has 0 saturated heterocycles. The summed E-state index contributed by atoms with van der Waals surface area (Å²) in [6, 6.07) is 0. The SMILES string of the molecule is CC(C)CN(CC(=O)O)C(=O)C(C)S(C)(=O)=O. The van der Waals surface area contributed by atoms with E-state index in [1.807, 2.05) is 13.8 Å². The van der Waals surface area contributed by atoms with E-state index < -0.39 is 33.5 Å². The summed E-state index contributed by atoms with van der Waals surface area (Å²) in [5.74, 6) is -1.74. The highest BCUT2D eigenvalue weighted by atomic mass is 32.2. The summed E-state index contributed by atoms with van der Waals surface area (Å²) in [5.41, 5.74) is 0. The molecule has 0 aliphatic carbocycles. The highest BCUT2D eigenvalue weighted by Crippen LogP contribution is 2.07. The molecule has 0 spiro atoms. The summed E-state index contributed by atoms with van der Waals surface area (Å²) >= 11 is 0. The van der Waals surface area contributed by atoms with Crippen LogP contribution in [0, 0.1) is 5.92 Å². The van der Waals surface area contributed by atoms with Crippen LogP contribution in [0.3, 0.4) is 0 Å². The van der Waals surface area contributed by atoms with Crippen molar-refractivity contribution in [2.45, 2.75) is 26.0 Å². The second kappa shape index (κ2) is 6.00. The van der Waals surface area contributed by atoms with Gasteiger partial charge in [-0.05, 0) is 12.8 Å². The Labute approximate surface area is 102 Å². The average molecular weight is 265 g/mol. The van der Waals surface area contributed by atoms with E-state index in [2.05, 4.69) is 0 Å². The third-order valence-electron chi connectivity index (χ3n) is 2.21. The zero-order chi connectivity index (χ0) is 13.8. The maximum absolute atomic E-state index is 11.8. The maximum Gasteiger partial charge on any atom is 0.323 e. The van der Waals surface area contributed by atoms with Gasteiger partial charge < -0.3 is 10.0 Å². The van der Waals surface area contributed by atoms with Crippen LogP contribution in [-0.4, -0.2) is 54.9 Å². The minimum atomic E-state index is -3.50. The van der Waals surface area contributed by atoms with Crippen molar-refractivity contribution < 1.29 is 23.1 Å². The van der Waals surface area contributed by atoms with Gasteiger partial charge >= 0.3 is 5.97 Å². The van der Waals surface area contributed by atoms with Crippen LogP contribution in [-0.2, 0) is 19.4 Å². The van der Waals surface area contributed by atoms with Crippen molar-refractivity contribution in [3.63, 3.8) is 0 Å². The van der Waals surface area contributed by atoms with E-state index in [0.717, 1.165) is 11.2 Å². The van der Waals surface area contributed by atoms with Gasteiger partial charge in [0.15, 0.2) is 9.84 Å². The molecule has 0 bridgehead atoms. The molecule has 17 heavy (non-hydrogen) atoms. The minimum absolute atomic E-state index is 0.0741. The third-order valence-corrected chi connectivity index (χ3v) is 3.70. The van der Waals surface area contributed by atoms with E-state index in [-0.39, 0.29) is 12.5 Å². The molecule has 0 saturated carbocycles. The molecule has 0 aromatic carbocycles. The van der Waals surface area contributed by atoms with Crippen LogP contribution in [0.15, 0.2) is 0 Å². The molecular weight excluding hydrogens is 246 g/mol. The van der Waals surface area contributed by atoms with Gasteiger partial charge in [0, 0.05) is 12.8 Å². The monoisotopic (exact) mass is 265 g/mol. The molecule has 0 aromatic heterocycles. The second-order valence-corrected chi connectivity index (χ2v) is 6.84. The third kappa shape index (κ3) is 5.67. The second-order valence-electron chi connectivity index (χ2n) is 4.48. The number of hydrogen-bond donors (Lipinski definition) is 1. The maximum atomic E-state index is 11.8. The Morgan fingerprint density at radius 3 is 2.00 bits per heavy atom. The van der Waals surface area contributed by atoms with E-state index in [1.165, 1.54) is 6.92 Å². The number of hydrogen-bond acceptors (Lipinski definition) is 4. The van der Waals surface area contributed by atoms with Crippen molar-refractivity contribution in [1.82, 2.24) is 4.90 Å². The first-order valence-corrected chi connectivity index (χ1v) is 7.20. The minimum Gasteiger partial charge on any atom is -0.480 e. The fraction of sp³-hybridized carbons (Fsp3) is 0.800. The standard InChI is InChI=1S/C10H19NO5S/c1-7(2)5-11(6-9(12)13)10(14)8(3)17(4,15)16/h7-8H,5-6H2,1-4H3,(H,12,13). The van der Waals surface area contributed by atoms with Crippen LogP contribution < -0.4 is 0 Å². The Morgan fingerprint density at radius 2 is 1.71 bits per heavy atom. The first-order chi connectivity index (χ1) is 7.55. The lowest BCUT2D eigenvalue weighted by Gasteiger charge is -2.25. The van der Waals surface area contributed by atoms with E-state index in [9.17, 15) is 18.0 Å². The summed E-state index contributed by atoms with van der Waals surface area (Å²) in [6.07, 6.45) is 0.962. The molecule has 0 aromatic rings. The van der Waals surface area contributed by atoms with Gasteiger partial charge in [0.1, 0.15) is 11.8 Å². The number of carboxylic acids is 1. The van der Waals surface area contributed by atoms with Crippen molar-refractivity contribution in [3.05, 3.63) is 0 Å². The zero-order valence-corrected chi connectivity index (χ0v) is 11.3. The molecule has 1 atom stereocenters. The van der Waals surface area contributed by atoms with Gasteiger partial charge in [-0.2, -0.15) is 0 Å². The molecule has 0 aliphatic heterocycles. The lowest BCUT2D eigenvalue weighted by molar-refractivity contribution is -0.144. The Bertz CT molecular complexity index is 388. The first-order valence-electron chi connectivity index (χ1n) is 5.25. The van der Waals surface area contributed by atoms with Gasteiger partial charge in [-0.15, -0.1) is 0 Å². The van der Waals surface area contributed by atoms with Crippen LogP contribution in [0.25, 0.3) is 0 Å². The topological polar surface area (TPSA) is 91.8 Å². The molecular formula is C10H19NO5S. The van der Waals surface area contributed by atoms with Crippen molar-refractivity contribution in [2.75, 3.05) is 19.3 Å². The predicted molar refractivity (Wildman–Crippen MR) is 63.4 cm³/mol. The molecule has 100 valence electrons. The number of rotatable bonds is 6. The van der Waals surface area contributed by atoms with Crippen molar-refractivity contribution in [3.8, 4) is 0 Å². The van der Waals surface area contributed by atoms with E-state index in [0.29, 0.717) is 0 Å². The number of sulfone groups is 1. The predicted octanol–water partition coefficient (Wildman–Crippen LogP) is -0.0113. The van der Waals surface area contributed by atoms with Gasteiger partial charge in [0.05, 0.1) is 0 Å². The van der Waals surface area contributed by atoms with Crippen molar-refractivity contribution in [1.29, 1.82) is 0 Å². The van der Waals surface area contributed by atoms with Crippen LogP contribution in [0.5, 0.6) is 0 Å². The van der Waals surface area contributed by atoms with Crippen LogP contribution in [0.4, 0.5) is 0 Å². The lowest BCUT2D eigenvalue weighted by atomic mass is 10.2. The lowest BCUT2D eigenvalue weighted by Crippen LogP contribution is -2.45. The van der Waals surface area contributed by atoms with Gasteiger partial charge in [0.2, 0.25) is 5.91 Å². The Morgan fingerprint density at radius 1 is 1.24 bits per heavy atom. The molecule has 0 aliphatic rings. The van der Waals surface area contributed by atoms with Crippen LogP contribution in [0.1, 0.15) is 20.8 Å². The Kier molecular flexibility index (Phi) is 5.60. The largest absolute Gasteiger partial charge is 0.480 e. The summed E-state index contributed by atoms with van der Waals surface area (Å²) in [7, 11) is -3.50. The number of carbonyl (C=O) groups excluding carboxylic acids is 1. The molecule has 1 amide bonds. The molecule has 1 N–H and O–H groups in total. The van der Waals surface area contributed by atoms with Crippen LogP contribution >= 0.6 is 0 Å². The van der Waals surface area contributed by atoms with Crippen LogP contribution in [0.2, 0.25) is 0 Å². The zero-order valence-electron chi connectivity index (χ0n) is 10.5. The first kappa shape index (κ1) is 15.9. The normalized spacial score (nSPS) is 13.5. The van der Waals surface area contributed by atoms with Gasteiger partial charge in [-0.25, -0.2) is 8.42 Å². The summed E-state index contributed by atoms with van der Waals surface area (Å²) in [6.45, 7) is 4.68. The molecule has 0 fully saturated rings. The number of nitrogens with zero attached hydrogens (tertiary/aromatic N) is 1. The smallest absolute Gasteiger partial charge is 0.323 e. The number of aliphatic carboxylic acids is 1.